The Bertz CT molecular complexity index is 1130. The number of nitrogens with zero attached hydrogens (tertiary/aromatic N) is 2. The van der Waals surface area contributed by atoms with Crippen LogP contribution in [0.4, 0.5) is 0 Å². The second kappa shape index (κ2) is 4.21. The number of aryl methyl sites for hydroxylation is 1. The van der Waals surface area contributed by atoms with Crippen molar-refractivity contribution in [2.45, 2.75) is 0 Å². The van der Waals surface area contributed by atoms with Gasteiger partial charge in [0.15, 0.2) is 0 Å². The molecule has 4 aromatic rings. The highest BCUT2D eigenvalue weighted by Gasteiger charge is 2.15. The van der Waals surface area contributed by atoms with E-state index in [0.717, 1.165) is 10.9 Å². The molecule has 22 heavy (non-hydrogen) atoms. The van der Waals surface area contributed by atoms with Crippen molar-refractivity contribution in [1.29, 1.82) is 0 Å². The van der Waals surface area contributed by atoms with Gasteiger partial charge in [-0.3, -0.25) is 4.79 Å². The third-order valence-corrected chi connectivity index (χ3v) is 3.94. The number of hydrogen-bond acceptors (Lipinski definition) is 4. The van der Waals surface area contributed by atoms with Crippen LogP contribution in [0.5, 0.6) is 11.5 Å². The Labute approximate surface area is 124 Å². The summed E-state index contributed by atoms with van der Waals surface area (Å²) >= 11 is 0. The quantitative estimate of drug-likeness (QED) is 0.489. The Hall–Kier alpha value is -3.08. The zero-order valence-corrected chi connectivity index (χ0v) is 11.7. The van der Waals surface area contributed by atoms with E-state index >= 15 is 0 Å². The number of phenolic OH excluding ortho intramolecular Hbond substituents is 2. The van der Waals surface area contributed by atoms with E-state index in [4.69, 9.17) is 0 Å². The number of rotatable bonds is 0. The summed E-state index contributed by atoms with van der Waals surface area (Å²) in [5.41, 5.74) is 1.45. The van der Waals surface area contributed by atoms with Crippen LogP contribution in [0.15, 0.2) is 47.3 Å². The van der Waals surface area contributed by atoms with Crippen LogP contribution in [0.3, 0.4) is 0 Å². The molecule has 2 N–H and O–H groups in total. The summed E-state index contributed by atoms with van der Waals surface area (Å²) in [5.74, 6) is -0.328. The molecular formula is C17H12N2O3. The summed E-state index contributed by atoms with van der Waals surface area (Å²) in [4.78, 5) is 17.3. The molecule has 5 heteroatoms. The molecule has 5 nitrogen and oxygen atoms in total. The third-order valence-electron chi connectivity index (χ3n) is 3.94. The maximum Gasteiger partial charge on any atom is 0.202 e. The smallest absolute Gasteiger partial charge is 0.202 e. The molecule has 0 fully saturated rings. The molecule has 2 aromatic heterocycles. The number of hydrogen-bond donors (Lipinski definition) is 2. The predicted molar refractivity (Wildman–Crippen MR) is 85.3 cm³/mol. The van der Waals surface area contributed by atoms with Crippen molar-refractivity contribution in [2.24, 2.45) is 7.05 Å². The first kappa shape index (κ1) is 12.6. The number of para-hydroxylation sites is 1. The Kier molecular flexibility index (Phi) is 2.42. The minimum absolute atomic E-state index is 0.0971. The zero-order valence-electron chi connectivity index (χ0n) is 11.7. The first-order valence-corrected chi connectivity index (χ1v) is 6.80. The highest BCUT2D eigenvalue weighted by Crippen LogP contribution is 2.29. The number of benzene rings is 2. The summed E-state index contributed by atoms with van der Waals surface area (Å²) < 4.78 is 1.71. The van der Waals surface area contributed by atoms with E-state index in [2.05, 4.69) is 4.98 Å². The van der Waals surface area contributed by atoms with E-state index in [-0.39, 0.29) is 22.3 Å². The van der Waals surface area contributed by atoms with Gasteiger partial charge in [-0.05, 0) is 12.1 Å². The predicted octanol–water partition coefficient (Wildman–Crippen LogP) is 2.65. The molecule has 108 valence electrons. The SMILES string of the molecule is Cn1c2cc(O)cc(O)c2c(=O)c2cc3ccccc3nc21. The lowest BCUT2D eigenvalue weighted by Crippen LogP contribution is -2.10. The highest BCUT2D eigenvalue weighted by atomic mass is 16.3. The van der Waals surface area contributed by atoms with Crippen LogP contribution in [0.1, 0.15) is 0 Å². The zero-order chi connectivity index (χ0) is 15.4. The molecule has 2 aromatic carbocycles. The van der Waals surface area contributed by atoms with E-state index < -0.39 is 0 Å². The van der Waals surface area contributed by atoms with Gasteiger partial charge in [0.05, 0.1) is 21.8 Å². The van der Waals surface area contributed by atoms with Gasteiger partial charge in [0.2, 0.25) is 5.43 Å². The van der Waals surface area contributed by atoms with Crippen molar-refractivity contribution in [3.05, 3.63) is 52.7 Å². The largest absolute Gasteiger partial charge is 0.508 e. The Balaban J connectivity index is 2.34. The van der Waals surface area contributed by atoms with Gasteiger partial charge < -0.3 is 14.8 Å². The molecular weight excluding hydrogens is 280 g/mol. The first-order chi connectivity index (χ1) is 10.6. The van der Waals surface area contributed by atoms with Gasteiger partial charge in [-0.1, -0.05) is 18.2 Å². The molecule has 0 radical (unpaired) electrons. The van der Waals surface area contributed by atoms with E-state index in [1.54, 1.807) is 17.7 Å². The molecule has 0 amide bonds. The van der Waals surface area contributed by atoms with Gasteiger partial charge in [0, 0.05) is 24.6 Å². The van der Waals surface area contributed by atoms with Gasteiger partial charge >= 0.3 is 0 Å². The minimum atomic E-state index is -0.293. The molecule has 0 saturated carbocycles. The average molecular weight is 292 g/mol. The third kappa shape index (κ3) is 1.59. The van der Waals surface area contributed by atoms with Crippen LogP contribution in [-0.4, -0.2) is 19.8 Å². The summed E-state index contributed by atoms with van der Waals surface area (Å²) in [5, 5.41) is 21.2. The first-order valence-electron chi connectivity index (χ1n) is 6.80. The van der Waals surface area contributed by atoms with Crippen LogP contribution in [-0.2, 0) is 7.05 Å². The molecule has 0 aliphatic carbocycles. The molecule has 0 unspecified atom stereocenters. The van der Waals surface area contributed by atoms with E-state index in [0.29, 0.717) is 16.6 Å². The number of aromatic hydroxyl groups is 2. The van der Waals surface area contributed by atoms with Gasteiger partial charge in [0.25, 0.3) is 0 Å². The second-order valence-corrected chi connectivity index (χ2v) is 5.30. The van der Waals surface area contributed by atoms with Crippen molar-refractivity contribution in [3.8, 4) is 11.5 Å². The van der Waals surface area contributed by atoms with E-state index in [1.165, 1.54) is 12.1 Å². The topological polar surface area (TPSA) is 75.3 Å². The minimum Gasteiger partial charge on any atom is -0.508 e. The normalized spacial score (nSPS) is 11.5. The van der Waals surface area contributed by atoms with Crippen molar-refractivity contribution >= 4 is 32.8 Å². The molecule has 0 atom stereocenters. The van der Waals surface area contributed by atoms with Crippen molar-refractivity contribution in [1.82, 2.24) is 9.55 Å². The van der Waals surface area contributed by atoms with Gasteiger partial charge in [-0.25, -0.2) is 4.98 Å². The standard InChI is InChI=1S/C17H12N2O3/c1-19-13-7-10(20)8-14(21)15(13)16(22)11-6-9-4-2-3-5-12(9)18-17(11)19/h2-8,20-21H,1H3. The van der Waals surface area contributed by atoms with Crippen molar-refractivity contribution < 1.29 is 10.2 Å². The summed E-state index contributed by atoms with van der Waals surface area (Å²) in [6, 6.07) is 11.9. The van der Waals surface area contributed by atoms with Crippen molar-refractivity contribution in [3.63, 3.8) is 0 Å². The van der Waals surface area contributed by atoms with E-state index in [9.17, 15) is 15.0 Å². The molecule has 0 aliphatic rings. The van der Waals surface area contributed by atoms with Crippen LogP contribution < -0.4 is 5.43 Å². The summed E-state index contributed by atoms with van der Waals surface area (Å²) in [7, 11) is 1.75. The maximum atomic E-state index is 12.7. The number of phenols is 2. The number of pyridine rings is 2. The van der Waals surface area contributed by atoms with Gasteiger partial charge in [-0.15, -0.1) is 0 Å². The second-order valence-electron chi connectivity index (χ2n) is 5.30. The monoisotopic (exact) mass is 292 g/mol. The van der Waals surface area contributed by atoms with Crippen LogP contribution >= 0.6 is 0 Å². The van der Waals surface area contributed by atoms with Gasteiger partial charge in [0.1, 0.15) is 17.1 Å². The number of fused-ring (bicyclic) bond motifs is 3. The average Bonchev–Trinajstić information content (AvgIpc) is 2.50. The van der Waals surface area contributed by atoms with Crippen LogP contribution in [0.25, 0.3) is 32.8 Å². The molecule has 4 rings (SSSR count). The Morgan fingerprint density at radius 1 is 1.09 bits per heavy atom. The van der Waals surface area contributed by atoms with Crippen LogP contribution in [0, 0.1) is 0 Å². The summed E-state index contributed by atoms with van der Waals surface area (Å²) in [6.45, 7) is 0. The Morgan fingerprint density at radius 3 is 2.68 bits per heavy atom. The number of aromatic nitrogens is 2. The maximum absolute atomic E-state index is 12.7. The molecule has 0 spiro atoms. The molecule has 0 saturated heterocycles. The van der Waals surface area contributed by atoms with Gasteiger partial charge in [-0.2, -0.15) is 0 Å². The Morgan fingerprint density at radius 2 is 1.86 bits per heavy atom. The van der Waals surface area contributed by atoms with Crippen molar-refractivity contribution in [2.75, 3.05) is 0 Å². The fraction of sp³-hybridized carbons (Fsp3) is 0.0588. The summed E-state index contributed by atoms with van der Waals surface area (Å²) in [6.07, 6.45) is 0. The molecule has 0 bridgehead atoms. The van der Waals surface area contributed by atoms with E-state index in [1.807, 2.05) is 24.3 Å². The molecule has 2 heterocycles. The fourth-order valence-corrected chi connectivity index (χ4v) is 2.87. The van der Waals surface area contributed by atoms with Crippen LogP contribution in [0.2, 0.25) is 0 Å². The highest BCUT2D eigenvalue weighted by molar-refractivity contribution is 5.99. The lowest BCUT2D eigenvalue weighted by Gasteiger charge is -2.11. The fourth-order valence-electron chi connectivity index (χ4n) is 2.87. The lowest BCUT2D eigenvalue weighted by atomic mass is 10.1. The lowest BCUT2D eigenvalue weighted by molar-refractivity contribution is 0.454. The molecule has 0 aliphatic heterocycles.